The van der Waals surface area contributed by atoms with Crippen molar-refractivity contribution >= 4 is 11.9 Å². The van der Waals surface area contributed by atoms with Gasteiger partial charge in [0.1, 0.15) is 0 Å². The van der Waals surface area contributed by atoms with Crippen LogP contribution in [-0.4, -0.2) is 56.2 Å². The molecule has 0 bridgehead atoms. The van der Waals surface area contributed by atoms with Crippen molar-refractivity contribution in [1.82, 2.24) is 4.90 Å². The molecule has 1 saturated heterocycles. The van der Waals surface area contributed by atoms with E-state index in [2.05, 4.69) is 30.7 Å². The minimum atomic E-state index is -0.225. The highest BCUT2D eigenvalue weighted by Gasteiger charge is 2.24. The number of hydrogen-bond donors (Lipinski definition) is 1. The van der Waals surface area contributed by atoms with Crippen LogP contribution in [0, 0.1) is 12.8 Å². The molecule has 0 aromatic heterocycles. The molecule has 2 rings (SSSR count). The molecule has 0 radical (unpaired) electrons. The van der Waals surface area contributed by atoms with E-state index < -0.39 is 0 Å². The lowest BCUT2D eigenvalue weighted by molar-refractivity contribution is -0.902. The van der Waals surface area contributed by atoms with E-state index in [9.17, 15) is 4.79 Å². The molecule has 132 valence electrons. The van der Waals surface area contributed by atoms with Gasteiger partial charge in [0.05, 0.1) is 39.3 Å². The Kier molecular flexibility index (Phi) is 6.79. The van der Waals surface area contributed by atoms with Gasteiger partial charge < -0.3 is 14.5 Å². The van der Waals surface area contributed by atoms with Crippen molar-refractivity contribution in [2.45, 2.75) is 27.7 Å². The molecule has 5 heteroatoms. The van der Waals surface area contributed by atoms with Gasteiger partial charge in [-0.1, -0.05) is 32.0 Å². The third-order valence-corrected chi connectivity index (χ3v) is 4.36. The Morgan fingerprint density at radius 2 is 1.96 bits per heavy atom. The number of nitrogens with one attached hydrogen (secondary N) is 1. The van der Waals surface area contributed by atoms with Gasteiger partial charge in [-0.2, -0.15) is 4.99 Å². The van der Waals surface area contributed by atoms with Crippen molar-refractivity contribution in [2.24, 2.45) is 10.9 Å². The Hall–Kier alpha value is -1.88. The summed E-state index contributed by atoms with van der Waals surface area (Å²) in [5, 5.41) is 0. The second kappa shape index (κ2) is 8.83. The summed E-state index contributed by atoms with van der Waals surface area (Å²) >= 11 is 0. The maximum atomic E-state index is 12.6. The van der Waals surface area contributed by atoms with Crippen molar-refractivity contribution in [2.75, 3.05) is 39.3 Å². The maximum Gasteiger partial charge on any atom is 0.295 e. The Bertz CT molecular complexity index is 576. The number of nitrogens with zero attached hydrogens (tertiary/aromatic N) is 2. The van der Waals surface area contributed by atoms with E-state index in [1.165, 1.54) is 0 Å². The van der Waals surface area contributed by atoms with E-state index in [0.717, 1.165) is 38.3 Å². The maximum absolute atomic E-state index is 12.6. The molecule has 1 aliphatic rings. The molecule has 0 saturated carbocycles. The number of piperazine rings is 1. The van der Waals surface area contributed by atoms with Crippen LogP contribution in [0.3, 0.4) is 0 Å². The average molecular weight is 332 g/mol. The fourth-order valence-corrected chi connectivity index (χ4v) is 2.76. The first-order chi connectivity index (χ1) is 11.5. The molecule has 1 aliphatic heterocycles. The zero-order valence-corrected chi connectivity index (χ0v) is 15.3. The number of rotatable bonds is 4. The van der Waals surface area contributed by atoms with Crippen molar-refractivity contribution in [3.05, 3.63) is 35.4 Å². The predicted octanol–water partition coefficient (Wildman–Crippen LogP) is 1.38. The minimum Gasteiger partial charge on any atom is -0.465 e. The fraction of sp³-hybridized carbons (Fsp3) is 0.579. The largest absolute Gasteiger partial charge is 0.465 e. The number of benzene rings is 1. The smallest absolute Gasteiger partial charge is 0.295 e. The monoisotopic (exact) mass is 332 g/mol. The Morgan fingerprint density at radius 3 is 2.54 bits per heavy atom. The number of quaternary nitrogens is 1. The number of amidine groups is 1. The van der Waals surface area contributed by atoms with Gasteiger partial charge in [-0.05, 0) is 31.4 Å². The van der Waals surface area contributed by atoms with Gasteiger partial charge in [-0.3, -0.25) is 4.79 Å². The summed E-state index contributed by atoms with van der Waals surface area (Å²) in [4.78, 5) is 20.6. The first kappa shape index (κ1) is 18.5. The Balaban J connectivity index is 2.16. The van der Waals surface area contributed by atoms with Gasteiger partial charge in [-0.25, -0.2) is 0 Å². The van der Waals surface area contributed by atoms with Crippen molar-refractivity contribution in [3.63, 3.8) is 0 Å². The molecule has 1 aromatic carbocycles. The van der Waals surface area contributed by atoms with Gasteiger partial charge >= 0.3 is 0 Å². The summed E-state index contributed by atoms with van der Waals surface area (Å²) in [6.07, 6.45) is 0. The molecule has 5 nitrogen and oxygen atoms in total. The molecule has 1 N–H and O–H groups in total. The quantitative estimate of drug-likeness (QED) is 0.669. The highest BCUT2D eigenvalue weighted by molar-refractivity contribution is 6.02. The van der Waals surface area contributed by atoms with E-state index in [4.69, 9.17) is 4.74 Å². The van der Waals surface area contributed by atoms with Crippen LogP contribution < -0.4 is 4.90 Å². The third-order valence-electron chi connectivity index (χ3n) is 4.36. The number of likely N-dealkylation sites (N-methyl/N-ethyl adjacent to an activating group) is 1. The van der Waals surface area contributed by atoms with Gasteiger partial charge in [0.15, 0.2) is 0 Å². The van der Waals surface area contributed by atoms with E-state index in [1.807, 2.05) is 31.2 Å². The number of ether oxygens (including phenoxy) is 1. The summed E-state index contributed by atoms with van der Waals surface area (Å²) in [7, 11) is 0. The van der Waals surface area contributed by atoms with Gasteiger partial charge in [0, 0.05) is 5.56 Å². The SMILES string of the molecule is CC[NH+]1CCN(C(=NC(=O)c2ccccc2C)OCC(C)C)CC1. The number of carbonyl (C=O) groups excluding carboxylic acids is 1. The lowest BCUT2D eigenvalue weighted by Crippen LogP contribution is -3.14. The summed E-state index contributed by atoms with van der Waals surface area (Å²) in [5.41, 5.74) is 1.58. The third kappa shape index (κ3) is 5.06. The molecule has 1 amide bonds. The first-order valence-electron chi connectivity index (χ1n) is 8.91. The molecule has 1 fully saturated rings. The van der Waals surface area contributed by atoms with Crippen molar-refractivity contribution in [1.29, 1.82) is 0 Å². The number of aryl methyl sites for hydroxylation is 1. The molecule has 0 unspecified atom stereocenters. The summed E-state index contributed by atoms with van der Waals surface area (Å²) < 4.78 is 5.89. The number of hydrogen-bond acceptors (Lipinski definition) is 2. The van der Waals surface area contributed by atoms with Gasteiger partial charge in [0.25, 0.3) is 11.9 Å². The fourth-order valence-electron chi connectivity index (χ4n) is 2.76. The van der Waals surface area contributed by atoms with Gasteiger partial charge in [0.2, 0.25) is 0 Å². The van der Waals surface area contributed by atoms with E-state index in [0.29, 0.717) is 24.1 Å². The number of carbonyl (C=O) groups is 1. The molecule has 0 spiro atoms. The second-order valence-corrected chi connectivity index (χ2v) is 6.81. The second-order valence-electron chi connectivity index (χ2n) is 6.81. The normalized spacial score (nSPS) is 16.5. The highest BCUT2D eigenvalue weighted by atomic mass is 16.5. The molecule has 0 atom stereocenters. The number of aliphatic imine (C=N–C) groups is 1. The zero-order valence-electron chi connectivity index (χ0n) is 15.3. The Labute approximate surface area is 145 Å². The average Bonchev–Trinajstić information content (AvgIpc) is 2.58. The number of amides is 1. The van der Waals surface area contributed by atoms with Crippen LogP contribution >= 0.6 is 0 Å². The van der Waals surface area contributed by atoms with Crippen molar-refractivity contribution in [3.8, 4) is 0 Å². The molecule has 24 heavy (non-hydrogen) atoms. The van der Waals surface area contributed by atoms with Crippen LogP contribution in [0.5, 0.6) is 0 Å². The van der Waals surface area contributed by atoms with Crippen LogP contribution in [0.25, 0.3) is 0 Å². The van der Waals surface area contributed by atoms with Crippen molar-refractivity contribution < 1.29 is 14.4 Å². The van der Waals surface area contributed by atoms with Crippen LogP contribution in [0.1, 0.15) is 36.7 Å². The standard InChI is InChI=1S/C19H29N3O2/c1-5-21-10-12-22(13-11-21)19(24-14-15(2)3)20-18(23)17-9-7-6-8-16(17)4/h6-9,15H,5,10-14H2,1-4H3/p+1. The van der Waals surface area contributed by atoms with Gasteiger partial charge in [-0.15, -0.1) is 0 Å². The minimum absolute atomic E-state index is 0.225. The lowest BCUT2D eigenvalue weighted by atomic mass is 10.1. The topological polar surface area (TPSA) is 46.3 Å². The summed E-state index contributed by atoms with van der Waals surface area (Å²) in [6, 6.07) is 8.03. The van der Waals surface area contributed by atoms with E-state index in [-0.39, 0.29) is 5.91 Å². The molecule has 1 aromatic rings. The Morgan fingerprint density at radius 1 is 1.29 bits per heavy atom. The van der Waals surface area contributed by atoms with Crippen LogP contribution in [0.2, 0.25) is 0 Å². The molecule has 0 aliphatic carbocycles. The first-order valence-corrected chi connectivity index (χ1v) is 8.91. The van der Waals surface area contributed by atoms with Crippen LogP contribution in [0.15, 0.2) is 29.3 Å². The predicted molar refractivity (Wildman–Crippen MR) is 96.5 cm³/mol. The molecule has 1 heterocycles. The molecular formula is C19H30N3O2+. The summed E-state index contributed by atoms with van der Waals surface area (Å²) in [5.74, 6) is 0.170. The van der Waals surface area contributed by atoms with Crippen LogP contribution in [0.4, 0.5) is 0 Å². The van der Waals surface area contributed by atoms with E-state index >= 15 is 0 Å². The van der Waals surface area contributed by atoms with E-state index in [1.54, 1.807) is 4.90 Å². The highest BCUT2D eigenvalue weighted by Crippen LogP contribution is 2.10. The summed E-state index contributed by atoms with van der Waals surface area (Å²) in [6.45, 7) is 13.9. The van der Waals surface area contributed by atoms with Crippen LogP contribution in [-0.2, 0) is 4.74 Å². The lowest BCUT2D eigenvalue weighted by Gasteiger charge is -2.33. The molecular weight excluding hydrogens is 302 g/mol. The zero-order chi connectivity index (χ0) is 17.5.